The third-order valence-electron chi connectivity index (χ3n) is 1.43. The van der Waals surface area contributed by atoms with Crippen LogP contribution in [-0.4, -0.2) is 35.6 Å². The lowest BCUT2D eigenvalue weighted by molar-refractivity contribution is 0.277. The summed E-state index contributed by atoms with van der Waals surface area (Å²) in [5.41, 5.74) is 0. The van der Waals surface area contributed by atoms with Crippen LogP contribution in [0.15, 0.2) is 0 Å². The van der Waals surface area contributed by atoms with E-state index in [4.69, 9.17) is 0 Å². The Kier molecular flexibility index (Phi) is 2.52. The molecule has 0 aromatic rings. The van der Waals surface area contributed by atoms with Gasteiger partial charge in [-0.1, -0.05) is 22.6 Å². The number of rotatable bonds is 0. The molecule has 0 saturated carbocycles. The molecule has 0 aromatic heterocycles. The zero-order valence-electron chi connectivity index (χ0n) is 5.02. The van der Waals surface area contributed by atoms with Gasteiger partial charge < -0.3 is 5.32 Å². The topological polar surface area (TPSA) is 15.3 Å². The molecule has 1 aliphatic rings. The molecule has 1 saturated heterocycles. The molecule has 0 spiro atoms. The Morgan fingerprint density at radius 2 is 2.50 bits per heavy atom. The number of hydrogen-bond donors (Lipinski definition) is 1. The van der Waals surface area contributed by atoms with Crippen LogP contribution in [0, 0.1) is 0 Å². The zero-order valence-corrected chi connectivity index (χ0v) is 7.18. The molecule has 1 N–H and O–H groups in total. The van der Waals surface area contributed by atoms with Gasteiger partial charge in [-0.25, -0.2) is 0 Å². The van der Waals surface area contributed by atoms with Gasteiger partial charge in [-0.3, -0.25) is 4.90 Å². The van der Waals surface area contributed by atoms with Crippen LogP contribution in [0.2, 0.25) is 0 Å². The molecule has 0 aromatic carbocycles. The molecular weight excluding hydrogens is 215 g/mol. The summed E-state index contributed by atoms with van der Waals surface area (Å²) < 4.78 is 0.696. The Morgan fingerprint density at radius 1 is 1.75 bits per heavy atom. The molecular formula is C5H11IN2. The van der Waals surface area contributed by atoms with Gasteiger partial charge in [0.25, 0.3) is 0 Å². The number of halogens is 1. The second-order valence-corrected chi connectivity index (χ2v) is 3.56. The van der Waals surface area contributed by atoms with E-state index in [2.05, 4.69) is 39.9 Å². The molecule has 1 rings (SSSR count). The minimum atomic E-state index is 0.696. The largest absolute Gasteiger partial charge is 0.313 e. The normalized spacial score (nSPS) is 33.0. The molecule has 1 fully saturated rings. The quantitative estimate of drug-likeness (QED) is 0.362. The summed E-state index contributed by atoms with van der Waals surface area (Å²) in [6, 6.07) is 0. The van der Waals surface area contributed by atoms with E-state index in [9.17, 15) is 0 Å². The monoisotopic (exact) mass is 226 g/mol. The lowest BCUT2D eigenvalue weighted by atomic mass is 10.4. The maximum Gasteiger partial charge on any atom is 0.0742 e. The third-order valence-corrected chi connectivity index (χ3v) is 2.82. The lowest BCUT2D eigenvalue weighted by Crippen LogP contribution is -2.45. The molecule has 1 atom stereocenters. The van der Waals surface area contributed by atoms with Crippen molar-refractivity contribution in [3.8, 4) is 0 Å². The van der Waals surface area contributed by atoms with Crippen molar-refractivity contribution in [3.05, 3.63) is 0 Å². The van der Waals surface area contributed by atoms with E-state index in [1.54, 1.807) is 0 Å². The SMILES string of the molecule is CN1CCNC[C@H]1I. The van der Waals surface area contributed by atoms with E-state index < -0.39 is 0 Å². The van der Waals surface area contributed by atoms with Crippen molar-refractivity contribution in [1.82, 2.24) is 10.2 Å². The van der Waals surface area contributed by atoms with Crippen LogP contribution < -0.4 is 5.32 Å². The fourth-order valence-corrected chi connectivity index (χ4v) is 1.36. The molecule has 1 heterocycles. The highest BCUT2D eigenvalue weighted by molar-refractivity contribution is 14.1. The van der Waals surface area contributed by atoms with Crippen LogP contribution in [0.1, 0.15) is 0 Å². The Bertz CT molecular complexity index is 66.8. The second-order valence-electron chi connectivity index (χ2n) is 2.12. The van der Waals surface area contributed by atoms with Crippen LogP contribution in [0.3, 0.4) is 0 Å². The van der Waals surface area contributed by atoms with Crippen LogP contribution in [0.25, 0.3) is 0 Å². The van der Waals surface area contributed by atoms with Crippen molar-refractivity contribution in [1.29, 1.82) is 0 Å². The summed E-state index contributed by atoms with van der Waals surface area (Å²) in [5, 5.41) is 3.32. The van der Waals surface area contributed by atoms with Crippen LogP contribution in [0.5, 0.6) is 0 Å². The van der Waals surface area contributed by atoms with E-state index in [1.165, 1.54) is 6.54 Å². The number of piperazine rings is 1. The first-order valence-corrected chi connectivity index (χ1v) is 4.10. The van der Waals surface area contributed by atoms with Gasteiger partial charge in [-0.15, -0.1) is 0 Å². The number of hydrogen-bond acceptors (Lipinski definition) is 2. The highest BCUT2D eigenvalue weighted by Gasteiger charge is 2.13. The minimum Gasteiger partial charge on any atom is -0.313 e. The van der Waals surface area contributed by atoms with E-state index >= 15 is 0 Å². The number of nitrogens with one attached hydrogen (secondary N) is 1. The van der Waals surface area contributed by atoms with Gasteiger partial charge in [-0.05, 0) is 7.05 Å². The Balaban J connectivity index is 2.28. The highest BCUT2D eigenvalue weighted by Crippen LogP contribution is 2.05. The first kappa shape index (κ1) is 6.77. The maximum absolute atomic E-state index is 3.32. The summed E-state index contributed by atoms with van der Waals surface area (Å²) in [7, 11) is 2.16. The van der Waals surface area contributed by atoms with Crippen molar-refractivity contribution >= 4 is 22.6 Å². The maximum atomic E-state index is 3.32. The summed E-state index contributed by atoms with van der Waals surface area (Å²) in [4.78, 5) is 2.36. The van der Waals surface area contributed by atoms with Crippen molar-refractivity contribution in [3.63, 3.8) is 0 Å². The zero-order chi connectivity index (χ0) is 5.98. The second kappa shape index (κ2) is 2.98. The van der Waals surface area contributed by atoms with Crippen LogP contribution in [-0.2, 0) is 0 Å². The summed E-state index contributed by atoms with van der Waals surface area (Å²) in [6.45, 7) is 3.47. The highest BCUT2D eigenvalue weighted by atomic mass is 127. The van der Waals surface area contributed by atoms with Gasteiger partial charge in [0, 0.05) is 19.6 Å². The smallest absolute Gasteiger partial charge is 0.0742 e. The number of likely N-dealkylation sites (N-methyl/N-ethyl adjacent to an activating group) is 1. The predicted octanol–water partition coefficient (Wildman–Crippen LogP) is 0.282. The number of nitrogens with zero attached hydrogens (tertiary/aromatic N) is 1. The van der Waals surface area contributed by atoms with Gasteiger partial charge in [-0.2, -0.15) is 0 Å². The van der Waals surface area contributed by atoms with E-state index in [-0.39, 0.29) is 0 Å². The molecule has 2 nitrogen and oxygen atoms in total. The Labute approximate surface area is 63.8 Å². The van der Waals surface area contributed by atoms with E-state index in [0.717, 1.165) is 13.1 Å². The van der Waals surface area contributed by atoms with Crippen molar-refractivity contribution in [2.24, 2.45) is 0 Å². The Morgan fingerprint density at radius 3 is 2.88 bits per heavy atom. The van der Waals surface area contributed by atoms with Gasteiger partial charge in [0.15, 0.2) is 0 Å². The fraction of sp³-hybridized carbons (Fsp3) is 1.00. The average molecular weight is 226 g/mol. The summed E-state index contributed by atoms with van der Waals surface area (Å²) in [6.07, 6.45) is 0. The first-order chi connectivity index (χ1) is 3.80. The molecule has 1 aliphatic heterocycles. The molecule has 48 valence electrons. The summed E-state index contributed by atoms with van der Waals surface area (Å²) in [5.74, 6) is 0. The standard InChI is InChI=1S/C5H11IN2/c1-8-3-2-7-4-5(8)6/h5,7H,2-4H2,1H3/t5-/m0/s1. The van der Waals surface area contributed by atoms with E-state index in [1.807, 2.05) is 0 Å². The van der Waals surface area contributed by atoms with Crippen LogP contribution in [0.4, 0.5) is 0 Å². The van der Waals surface area contributed by atoms with Gasteiger partial charge in [0.1, 0.15) is 0 Å². The molecule has 8 heavy (non-hydrogen) atoms. The molecule has 3 heteroatoms. The first-order valence-electron chi connectivity index (χ1n) is 2.86. The summed E-state index contributed by atoms with van der Waals surface area (Å²) >= 11 is 2.45. The van der Waals surface area contributed by atoms with Crippen molar-refractivity contribution in [2.75, 3.05) is 26.7 Å². The molecule has 0 bridgehead atoms. The fourth-order valence-electron chi connectivity index (χ4n) is 0.772. The van der Waals surface area contributed by atoms with E-state index in [0.29, 0.717) is 4.05 Å². The van der Waals surface area contributed by atoms with Crippen LogP contribution >= 0.6 is 22.6 Å². The van der Waals surface area contributed by atoms with Crippen molar-refractivity contribution < 1.29 is 0 Å². The average Bonchev–Trinajstić information content (AvgIpc) is 1.77. The third kappa shape index (κ3) is 1.56. The molecule has 0 amide bonds. The minimum absolute atomic E-state index is 0.696. The van der Waals surface area contributed by atoms with Crippen molar-refractivity contribution in [2.45, 2.75) is 4.05 Å². The van der Waals surface area contributed by atoms with Gasteiger partial charge >= 0.3 is 0 Å². The number of alkyl halides is 1. The molecule has 0 aliphatic carbocycles. The lowest BCUT2D eigenvalue weighted by Gasteiger charge is -2.28. The van der Waals surface area contributed by atoms with Gasteiger partial charge in [0.2, 0.25) is 0 Å². The predicted molar refractivity (Wildman–Crippen MR) is 43.3 cm³/mol. The van der Waals surface area contributed by atoms with Gasteiger partial charge in [0.05, 0.1) is 4.05 Å². The Hall–Kier alpha value is 0.650. The molecule has 0 radical (unpaired) electrons. The molecule has 0 unspecified atom stereocenters.